The van der Waals surface area contributed by atoms with E-state index in [1.807, 2.05) is 0 Å². The highest BCUT2D eigenvalue weighted by molar-refractivity contribution is 7.91. The highest BCUT2D eigenvalue weighted by Gasteiger charge is 2.18. The van der Waals surface area contributed by atoms with Gasteiger partial charge < -0.3 is 4.74 Å². The van der Waals surface area contributed by atoms with Gasteiger partial charge in [-0.1, -0.05) is 41.9 Å². The van der Waals surface area contributed by atoms with Crippen LogP contribution in [0.2, 0.25) is 5.02 Å². The summed E-state index contributed by atoms with van der Waals surface area (Å²) >= 11 is 5.71. The Bertz CT molecular complexity index is 814. The van der Waals surface area contributed by atoms with E-state index in [2.05, 4.69) is 0 Å². The summed E-state index contributed by atoms with van der Waals surface area (Å²) < 4.78 is 29.0. The topological polar surface area (TPSA) is 77.5 Å². The van der Waals surface area contributed by atoms with Gasteiger partial charge in [0.05, 0.1) is 17.1 Å². The number of hydrogen-bond acceptors (Lipinski definition) is 5. The zero-order valence-electron chi connectivity index (χ0n) is 12.6. The van der Waals surface area contributed by atoms with Crippen LogP contribution in [0, 0.1) is 0 Å². The van der Waals surface area contributed by atoms with Gasteiger partial charge in [0.15, 0.2) is 22.2 Å². The highest BCUT2D eigenvalue weighted by atomic mass is 35.5. The van der Waals surface area contributed by atoms with Gasteiger partial charge in [0.1, 0.15) is 0 Å². The van der Waals surface area contributed by atoms with E-state index in [0.717, 1.165) is 0 Å². The van der Waals surface area contributed by atoms with Gasteiger partial charge in [-0.15, -0.1) is 0 Å². The van der Waals surface area contributed by atoms with Gasteiger partial charge in [0.2, 0.25) is 0 Å². The van der Waals surface area contributed by atoms with Crippen molar-refractivity contribution in [3.05, 3.63) is 65.2 Å². The predicted octanol–water partition coefficient (Wildman–Crippen LogP) is 2.93. The number of hydrogen-bond donors (Lipinski definition) is 0. The van der Waals surface area contributed by atoms with Crippen LogP contribution in [0.15, 0.2) is 59.5 Å². The molecule has 24 heavy (non-hydrogen) atoms. The van der Waals surface area contributed by atoms with Crippen molar-refractivity contribution in [1.29, 1.82) is 0 Å². The molecular formula is C17H15ClO5S. The summed E-state index contributed by atoms with van der Waals surface area (Å²) in [5.41, 5.74) is 0.430. The average Bonchev–Trinajstić information content (AvgIpc) is 2.59. The third-order valence-electron chi connectivity index (χ3n) is 3.21. The number of carbonyl (C=O) groups is 2. The molecule has 0 unspecified atom stereocenters. The lowest BCUT2D eigenvalue weighted by Gasteiger charge is -2.06. The van der Waals surface area contributed by atoms with E-state index < -0.39 is 28.2 Å². The number of carbonyl (C=O) groups excluding carboxylic acids is 2. The maximum atomic E-state index is 12.1. The average molecular weight is 367 g/mol. The number of ether oxygens (including phenoxy) is 1. The van der Waals surface area contributed by atoms with Crippen LogP contribution in [0.5, 0.6) is 0 Å². The molecule has 0 fully saturated rings. The van der Waals surface area contributed by atoms with Gasteiger partial charge in [-0.25, -0.2) is 8.42 Å². The van der Waals surface area contributed by atoms with E-state index in [0.29, 0.717) is 10.6 Å². The molecule has 0 radical (unpaired) electrons. The number of esters is 1. The SMILES string of the molecule is O=C(CCS(=O)(=O)c1ccc(Cl)cc1)OCC(=O)c1ccccc1. The molecule has 2 aromatic rings. The number of sulfone groups is 1. The lowest BCUT2D eigenvalue weighted by Crippen LogP contribution is -2.17. The van der Waals surface area contributed by atoms with Crippen LogP contribution in [-0.4, -0.2) is 32.5 Å². The Kier molecular flexibility index (Phi) is 6.11. The van der Waals surface area contributed by atoms with E-state index in [9.17, 15) is 18.0 Å². The Labute approximate surface area is 145 Å². The first-order valence-corrected chi connectivity index (χ1v) is 9.14. The van der Waals surface area contributed by atoms with Crippen LogP contribution in [0.25, 0.3) is 0 Å². The molecule has 0 saturated carbocycles. The summed E-state index contributed by atoms with van der Waals surface area (Å²) in [6.45, 7) is -0.413. The molecule has 0 atom stereocenters. The maximum absolute atomic E-state index is 12.1. The van der Waals surface area contributed by atoms with E-state index in [-0.39, 0.29) is 17.1 Å². The van der Waals surface area contributed by atoms with Crippen molar-refractivity contribution in [2.24, 2.45) is 0 Å². The van der Waals surface area contributed by atoms with Gasteiger partial charge >= 0.3 is 5.97 Å². The Hall–Kier alpha value is -2.18. The normalized spacial score (nSPS) is 11.0. The number of benzene rings is 2. The summed E-state index contributed by atoms with van der Waals surface area (Å²) in [5.74, 6) is -1.48. The Balaban J connectivity index is 1.84. The molecule has 0 N–H and O–H groups in total. The van der Waals surface area contributed by atoms with Crippen molar-refractivity contribution in [1.82, 2.24) is 0 Å². The van der Waals surface area contributed by atoms with Crippen molar-refractivity contribution in [2.75, 3.05) is 12.4 Å². The summed E-state index contributed by atoms with van der Waals surface area (Å²) in [6.07, 6.45) is -0.326. The second kappa shape index (κ2) is 8.08. The van der Waals surface area contributed by atoms with Crippen molar-refractivity contribution >= 4 is 33.2 Å². The molecule has 0 aliphatic rings. The minimum Gasteiger partial charge on any atom is -0.457 e. The molecule has 0 aliphatic heterocycles. The lowest BCUT2D eigenvalue weighted by atomic mass is 10.1. The monoisotopic (exact) mass is 366 g/mol. The van der Waals surface area contributed by atoms with Crippen LogP contribution in [0.3, 0.4) is 0 Å². The standard InChI is InChI=1S/C17H15ClO5S/c18-14-6-8-15(9-7-14)24(21,22)11-10-17(20)23-12-16(19)13-4-2-1-3-5-13/h1-9H,10-12H2. The molecule has 0 spiro atoms. The molecule has 0 amide bonds. The molecule has 0 aliphatic carbocycles. The summed E-state index contributed by atoms with van der Waals surface area (Å²) in [6, 6.07) is 14.1. The van der Waals surface area contributed by atoms with E-state index in [1.165, 1.54) is 24.3 Å². The van der Waals surface area contributed by atoms with Gasteiger partial charge in [-0.2, -0.15) is 0 Å². The third kappa shape index (κ3) is 5.18. The van der Waals surface area contributed by atoms with Crippen LogP contribution in [0.4, 0.5) is 0 Å². The molecule has 0 saturated heterocycles. The second-order valence-corrected chi connectivity index (χ2v) is 7.52. The number of ketones is 1. The first kappa shape index (κ1) is 18.2. The largest absolute Gasteiger partial charge is 0.457 e. The Morgan fingerprint density at radius 3 is 2.21 bits per heavy atom. The molecule has 0 aromatic heterocycles. The first-order chi connectivity index (χ1) is 11.4. The van der Waals surface area contributed by atoms with Crippen LogP contribution in [0.1, 0.15) is 16.8 Å². The summed E-state index contributed by atoms with van der Waals surface area (Å²) in [7, 11) is -3.61. The fraction of sp³-hybridized carbons (Fsp3) is 0.176. The van der Waals surface area contributed by atoms with Crippen molar-refractivity contribution in [2.45, 2.75) is 11.3 Å². The molecule has 126 valence electrons. The molecule has 0 heterocycles. The van der Waals surface area contributed by atoms with Crippen molar-refractivity contribution in [3.63, 3.8) is 0 Å². The molecule has 5 nitrogen and oxygen atoms in total. The molecule has 0 bridgehead atoms. The fourth-order valence-electron chi connectivity index (χ4n) is 1.90. The van der Waals surface area contributed by atoms with Crippen molar-refractivity contribution in [3.8, 4) is 0 Å². The van der Waals surface area contributed by atoms with Crippen molar-refractivity contribution < 1.29 is 22.7 Å². The fourth-order valence-corrected chi connectivity index (χ4v) is 3.25. The zero-order chi connectivity index (χ0) is 17.6. The molecule has 2 rings (SSSR count). The quantitative estimate of drug-likeness (QED) is 0.556. The molecule has 2 aromatic carbocycles. The van der Waals surface area contributed by atoms with Gasteiger partial charge in [0.25, 0.3) is 0 Å². The summed E-state index contributed by atoms with van der Waals surface area (Å²) in [5, 5.41) is 0.424. The minimum absolute atomic E-state index is 0.0834. The van der Waals surface area contributed by atoms with E-state index >= 15 is 0 Å². The second-order valence-electron chi connectivity index (χ2n) is 4.97. The molecule has 7 heteroatoms. The maximum Gasteiger partial charge on any atom is 0.307 e. The smallest absolute Gasteiger partial charge is 0.307 e. The number of rotatable bonds is 7. The number of halogens is 1. The van der Waals surface area contributed by atoms with Gasteiger partial charge in [0, 0.05) is 10.6 Å². The third-order valence-corrected chi connectivity index (χ3v) is 5.19. The van der Waals surface area contributed by atoms with Crippen LogP contribution < -0.4 is 0 Å². The minimum atomic E-state index is -3.61. The lowest BCUT2D eigenvalue weighted by molar-refractivity contribution is -0.142. The zero-order valence-corrected chi connectivity index (χ0v) is 14.2. The van der Waals surface area contributed by atoms with E-state index in [4.69, 9.17) is 16.3 Å². The summed E-state index contributed by atoms with van der Waals surface area (Å²) in [4.78, 5) is 23.5. The first-order valence-electron chi connectivity index (χ1n) is 7.11. The highest BCUT2D eigenvalue weighted by Crippen LogP contribution is 2.16. The Morgan fingerprint density at radius 1 is 0.958 bits per heavy atom. The molecular weight excluding hydrogens is 352 g/mol. The predicted molar refractivity (Wildman–Crippen MR) is 89.9 cm³/mol. The van der Waals surface area contributed by atoms with E-state index in [1.54, 1.807) is 30.3 Å². The van der Waals surface area contributed by atoms with Crippen LogP contribution >= 0.6 is 11.6 Å². The van der Waals surface area contributed by atoms with Gasteiger partial charge in [-0.3, -0.25) is 9.59 Å². The van der Waals surface area contributed by atoms with Gasteiger partial charge in [-0.05, 0) is 24.3 Å². The Morgan fingerprint density at radius 2 is 1.58 bits per heavy atom. The van der Waals surface area contributed by atoms with Crippen LogP contribution in [-0.2, 0) is 19.4 Å². The number of Topliss-reactive ketones (excluding diaryl/α,β-unsaturated/α-hetero) is 1.